The number of rotatable bonds is 4. The number of ether oxygens (including phenoxy) is 1. The molecular formula is C9H15N3O2. The molecule has 0 saturated heterocycles. The van der Waals surface area contributed by atoms with Gasteiger partial charge in [0, 0.05) is 6.54 Å². The van der Waals surface area contributed by atoms with Gasteiger partial charge in [-0.3, -0.25) is 0 Å². The van der Waals surface area contributed by atoms with Crippen molar-refractivity contribution in [1.82, 2.24) is 9.97 Å². The van der Waals surface area contributed by atoms with E-state index in [9.17, 15) is 0 Å². The molecule has 1 unspecified atom stereocenters. The van der Waals surface area contributed by atoms with Crippen molar-refractivity contribution >= 4 is 5.82 Å². The SMILES string of the molecule is COc1ncnc(NCC(C)O)c1C. The second kappa shape index (κ2) is 4.76. The van der Waals surface area contributed by atoms with Crippen molar-refractivity contribution in [2.75, 3.05) is 19.0 Å². The molecule has 2 N–H and O–H groups in total. The van der Waals surface area contributed by atoms with Gasteiger partial charge in [-0.05, 0) is 13.8 Å². The molecule has 0 aromatic carbocycles. The zero-order chi connectivity index (χ0) is 10.6. The summed E-state index contributed by atoms with van der Waals surface area (Å²) in [5.74, 6) is 1.24. The van der Waals surface area contributed by atoms with E-state index in [4.69, 9.17) is 9.84 Å². The molecule has 0 bridgehead atoms. The van der Waals surface area contributed by atoms with E-state index in [0.29, 0.717) is 18.2 Å². The highest BCUT2D eigenvalue weighted by atomic mass is 16.5. The van der Waals surface area contributed by atoms with Crippen LogP contribution in [0.25, 0.3) is 0 Å². The minimum absolute atomic E-state index is 0.407. The lowest BCUT2D eigenvalue weighted by Crippen LogP contribution is -2.17. The van der Waals surface area contributed by atoms with Gasteiger partial charge in [-0.25, -0.2) is 9.97 Å². The zero-order valence-electron chi connectivity index (χ0n) is 8.61. The van der Waals surface area contributed by atoms with E-state index in [-0.39, 0.29) is 0 Å². The van der Waals surface area contributed by atoms with Crippen LogP contribution < -0.4 is 10.1 Å². The molecule has 0 saturated carbocycles. The number of hydrogen-bond acceptors (Lipinski definition) is 5. The Kier molecular flexibility index (Phi) is 3.64. The van der Waals surface area contributed by atoms with Crippen LogP contribution >= 0.6 is 0 Å². The molecule has 0 radical (unpaired) electrons. The predicted molar refractivity (Wildman–Crippen MR) is 53.5 cm³/mol. The minimum atomic E-state index is -0.407. The number of aliphatic hydroxyl groups is 1. The van der Waals surface area contributed by atoms with Crippen molar-refractivity contribution in [2.24, 2.45) is 0 Å². The molecule has 5 nitrogen and oxygen atoms in total. The summed E-state index contributed by atoms with van der Waals surface area (Å²) in [6.45, 7) is 4.03. The van der Waals surface area contributed by atoms with Crippen LogP contribution in [0.15, 0.2) is 6.33 Å². The second-order valence-corrected chi connectivity index (χ2v) is 3.09. The molecule has 1 rings (SSSR count). The lowest BCUT2D eigenvalue weighted by molar-refractivity contribution is 0.208. The third-order valence-corrected chi connectivity index (χ3v) is 1.80. The van der Waals surface area contributed by atoms with Crippen molar-refractivity contribution in [3.8, 4) is 5.88 Å². The first-order chi connectivity index (χ1) is 6.65. The summed E-state index contributed by atoms with van der Waals surface area (Å²) in [5.41, 5.74) is 0.843. The van der Waals surface area contributed by atoms with Gasteiger partial charge in [0.2, 0.25) is 5.88 Å². The third-order valence-electron chi connectivity index (χ3n) is 1.80. The fraction of sp³-hybridized carbons (Fsp3) is 0.556. The highest BCUT2D eigenvalue weighted by Gasteiger charge is 2.06. The Morgan fingerprint density at radius 1 is 1.57 bits per heavy atom. The Morgan fingerprint density at radius 2 is 2.29 bits per heavy atom. The number of aliphatic hydroxyl groups excluding tert-OH is 1. The van der Waals surface area contributed by atoms with Crippen LogP contribution in [0, 0.1) is 6.92 Å². The fourth-order valence-corrected chi connectivity index (χ4v) is 1.06. The van der Waals surface area contributed by atoms with Gasteiger partial charge in [0.1, 0.15) is 12.1 Å². The van der Waals surface area contributed by atoms with E-state index in [1.807, 2.05) is 6.92 Å². The molecule has 14 heavy (non-hydrogen) atoms. The van der Waals surface area contributed by atoms with Gasteiger partial charge in [-0.15, -0.1) is 0 Å². The Labute approximate surface area is 83.2 Å². The summed E-state index contributed by atoms with van der Waals surface area (Å²) >= 11 is 0. The van der Waals surface area contributed by atoms with E-state index in [1.165, 1.54) is 6.33 Å². The molecule has 1 atom stereocenters. The minimum Gasteiger partial charge on any atom is -0.481 e. The van der Waals surface area contributed by atoms with Crippen LogP contribution in [0.3, 0.4) is 0 Å². The summed E-state index contributed by atoms with van der Waals surface area (Å²) in [4.78, 5) is 7.99. The lowest BCUT2D eigenvalue weighted by Gasteiger charge is -2.11. The normalized spacial score (nSPS) is 12.3. The van der Waals surface area contributed by atoms with Gasteiger partial charge in [-0.2, -0.15) is 0 Å². The average molecular weight is 197 g/mol. The number of nitrogens with one attached hydrogen (secondary N) is 1. The maximum atomic E-state index is 9.09. The Bertz CT molecular complexity index is 302. The maximum Gasteiger partial charge on any atom is 0.221 e. The van der Waals surface area contributed by atoms with Crippen molar-refractivity contribution in [3.63, 3.8) is 0 Å². The van der Waals surface area contributed by atoms with Gasteiger partial charge < -0.3 is 15.2 Å². The maximum absolute atomic E-state index is 9.09. The zero-order valence-corrected chi connectivity index (χ0v) is 8.61. The largest absolute Gasteiger partial charge is 0.481 e. The average Bonchev–Trinajstić information content (AvgIpc) is 2.16. The van der Waals surface area contributed by atoms with Crippen molar-refractivity contribution in [1.29, 1.82) is 0 Å². The van der Waals surface area contributed by atoms with Crippen LogP contribution in [0.2, 0.25) is 0 Å². The van der Waals surface area contributed by atoms with Crippen molar-refractivity contribution in [2.45, 2.75) is 20.0 Å². The molecule has 0 amide bonds. The van der Waals surface area contributed by atoms with Crippen LogP contribution in [0.1, 0.15) is 12.5 Å². The van der Waals surface area contributed by atoms with Crippen LogP contribution in [0.5, 0.6) is 5.88 Å². The number of methoxy groups -OCH3 is 1. The van der Waals surface area contributed by atoms with E-state index in [0.717, 1.165) is 5.56 Å². The number of nitrogens with zero attached hydrogens (tertiary/aromatic N) is 2. The molecule has 1 aromatic rings. The molecule has 0 fully saturated rings. The highest BCUT2D eigenvalue weighted by Crippen LogP contribution is 2.19. The summed E-state index contributed by atoms with van der Waals surface area (Å²) in [7, 11) is 1.56. The summed E-state index contributed by atoms with van der Waals surface area (Å²) in [5, 5.41) is 12.1. The van der Waals surface area contributed by atoms with E-state index in [2.05, 4.69) is 15.3 Å². The first-order valence-corrected chi connectivity index (χ1v) is 4.42. The molecule has 0 aliphatic carbocycles. The molecule has 78 valence electrons. The monoisotopic (exact) mass is 197 g/mol. The standard InChI is InChI=1S/C9H15N3O2/c1-6(13)4-10-8-7(2)9(14-3)12-5-11-8/h5-6,13H,4H2,1-3H3,(H,10,11,12). The van der Waals surface area contributed by atoms with Crippen LogP contribution in [-0.4, -0.2) is 34.8 Å². The van der Waals surface area contributed by atoms with Gasteiger partial charge in [0.25, 0.3) is 0 Å². The summed E-state index contributed by atoms with van der Waals surface area (Å²) < 4.78 is 5.04. The number of hydrogen-bond donors (Lipinski definition) is 2. The first kappa shape index (κ1) is 10.7. The Hall–Kier alpha value is -1.36. The van der Waals surface area contributed by atoms with Crippen molar-refractivity contribution in [3.05, 3.63) is 11.9 Å². The number of anilines is 1. The summed E-state index contributed by atoms with van der Waals surface area (Å²) in [6, 6.07) is 0. The van der Waals surface area contributed by atoms with Gasteiger partial charge in [0.15, 0.2) is 0 Å². The fourth-order valence-electron chi connectivity index (χ4n) is 1.06. The number of aromatic nitrogens is 2. The first-order valence-electron chi connectivity index (χ1n) is 4.42. The molecule has 0 aliphatic heterocycles. The molecule has 0 spiro atoms. The van der Waals surface area contributed by atoms with Gasteiger partial charge >= 0.3 is 0 Å². The molecule has 1 heterocycles. The molecule has 5 heteroatoms. The smallest absolute Gasteiger partial charge is 0.221 e. The highest BCUT2D eigenvalue weighted by molar-refractivity contribution is 5.47. The Morgan fingerprint density at radius 3 is 2.86 bits per heavy atom. The predicted octanol–water partition coefficient (Wildman–Crippen LogP) is 0.586. The van der Waals surface area contributed by atoms with E-state index in [1.54, 1.807) is 14.0 Å². The van der Waals surface area contributed by atoms with Gasteiger partial charge in [0.05, 0.1) is 18.8 Å². The van der Waals surface area contributed by atoms with Gasteiger partial charge in [-0.1, -0.05) is 0 Å². The summed E-state index contributed by atoms with van der Waals surface area (Å²) in [6.07, 6.45) is 1.02. The molecular weight excluding hydrogens is 182 g/mol. The van der Waals surface area contributed by atoms with Crippen molar-refractivity contribution < 1.29 is 9.84 Å². The Balaban J connectivity index is 2.76. The third kappa shape index (κ3) is 2.56. The molecule has 0 aliphatic rings. The van der Waals surface area contributed by atoms with E-state index < -0.39 is 6.10 Å². The second-order valence-electron chi connectivity index (χ2n) is 3.09. The molecule has 1 aromatic heterocycles. The topological polar surface area (TPSA) is 67.3 Å². The van der Waals surface area contributed by atoms with Crippen LogP contribution in [-0.2, 0) is 0 Å². The van der Waals surface area contributed by atoms with Crippen LogP contribution in [0.4, 0.5) is 5.82 Å². The lowest BCUT2D eigenvalue weighted by atomic mass is 10.3. The van der Waals surface area contributed by atoms with E-state index >= 15 is 0 Å². The quantitative estimate of drug-likeness (QED) is 0.739.